The fourth-order valence-corrected chi connectivity index (χ4v) is 2.43. The second kappa shape index (κ2) is 3.71. The Morgan fingerprint density at radius 3 is 3.17 bits per heavy atom. The van der Waals surface area contributed by atoms with E-state index in [9.17, 15) is 0 Å². The van der Waals surface area contributed by atoms with Gasteiger partial charge >= 0.3 is 0 Å². The average Bonchev–Trinajstić information content (AvgIpc) is 2.65. The largest absolute Gasteiger partial charge is 0.376 e. The predicted molar refractivity (Wildman–Crippen MR) is 51.9 cm³/mol. The van der Waals surface area contributed by atoms with Crippen molar-refractivity contribution in [1.82, 2.24) is 4.90 Å². The normalized spacial score (nSPS) is 34.9. The van der Waals surface area contributed by atoms with Crippen molar-refractivity contribution in [3.63, 3.8) is 0 Å². The Labute approximate surface area is 78.0 Å². The summed E-state index contributed by atoms with van der Waals surface area (Å²) in [6.45, 7) is 4.27. The topological polar surface area (TPSA) is 12.5 Å². The van der Waals surface area contributed by atoms with Gasteiger partial charge in [0, 0.05) is 19.4 Å². The first-order valence-corrected chi connectivity index (χ1v) is 5.50. The molecular weight excluding hydrogens is 170 g/mol. The van der Waals surface area contributed by atoms with Crippen LogP contribution in [0.15, 0.2) is 11.6 Å². The Kier molecular flexibility index (Phi) is 2.61. The molecule has 68 valence electrons. The van der Waals surface area contributed by atoms with Crippen molar-refractivity contribution < 1.29 is 4.74 Å². The van der Waals surface area contributed by atoms with Gasteiger partial charge < -0.3 is 9.64 Å². The second-order valence-corrected chi connectivity index (χ2v) is 4.58. The van der Waals surface area contributed by atoms with E-state index in [-0.39, 0.29) is 0 Å². The molecule has 2 nitrogen and oxygen atoms in total. The van der Waals surface area contributed by atoms with E-state index in [0.717, 1.165) is 13.2 Å². The maximum Gasteiger partial charge on any atom is 0.0759 e. The van der Waals surface area contributed by atoms with Crippen LogP contribution in [0, 0.1) is 0 Å². The molecule has 2 rings (SSSR count). The zero-order chi connectivity index (χ0) is 8.39. The van der Waals surface area contributed by atoms with Crippen molar-refractivity contribution in [2.75, 3.05) is 13.2 Å². The van der Waals surface area contributed by atoms with Crippen molar-refractivity contribution in [3.05, 3.63) is 11.6 Å². The molecule has 0 bridgehead atoms. The lowest BCUT2D eigenvalue weighted by Crippen LogP contribution is -2.30. The summed E-state index contributed by atoms with van der Waals surface area (Å²) < 4.78 is 5.58. The maximum atomic E-state index is 5.58. The van der Waals surface area contributed by atoms with E-state index in [1.807, 2.05) is 11.8 Å². The summed E-state index contributed by atoms with van der Waals surface area (Å²) in [5, 5.41) is 2.77. The molecule has 1 saturated heterocycles. The number of ether oxygens (including phenoxy) is 1. The second-order valence-electron chi connectivity index (χ2n) is 3.35. The predicted octanol–water partition coefficient (Wildman–Crippen LogP) is 2.03. The van der Waals surface area contributed by atoms with Gasteiger partial charge in [-0.15, -0.1) is 11.8 Å². The first kappa shape index (κ1) is 8.45. The highest BCUT2D eigenvalue weighted by atomic mass is 32.2. The van der Waals surface area contributed by atoms with Gasteiger partial charge in [0.15, 0.2) is 0 Å². The summed E-state index contributed by atoms with van der Waals surface area (Å²) in [7, 11) is 0. The van der Waals surface area contributed by atoms with Crippen molar-refractivity contribution in [1.29, 1.82) is 0 Å². The third kappa shape index (κ3) is 1.77. The van der Waals surface area contributed by atoms with E-state index in [2.05, 4.69) is 23.4 Å². The Hall–Kier alpha value is -0.150. The number of nitrogens with zero attached hydrogens (tertiary/aromatic N) is 1. The molecule has 2 aliphatic heterocycles. The van der Waals surface area contributed by atoms with Crippen LogP contribution in [0.5, 0.6) is 0 Å². The molecule has 12 heavy (non-hydrogen) atoms. The Bertz CT molecular complexity index is 177. The number of rotatable bonds is 2. The minimum atomic E-state index is 0.482. The average molecular weight is 185 g/mol. The van der Waals surface area contributed by atoms with Crippen LogP contribution >= 0.6 is 11.8 Å². The third-order valence-corrected chi connectivity index (χ3v) is 3.38. The van der Waals surface area contributed by atoms with E-state index < -0.39 is 0 Å². The molecule has 2 aliphatic rings. The van der Waals surface area contributed by atoms with E-state index in [1.165, 1.54) is 12.8 Å². The molecule has 0 N–H and O–H groups in total. The van der Waals surface area contributed by atoms with Gasteiger partial charge in [0.2, 0.25) is 0 Å². The lowest BCUT2D eigenvalue weighted by atomic mass is 10.2. The van der Waals surface area contributed by atoms with Gasteiger partial charge in [-0.25, -0.2) is 0 Å². The van der Waals surface area contributed by atoms with Crippen LogP contribution in [0.2, 0.25) is 0 Å². The highest BCUT2D eigenvalue weighted by Crippen LogP contribution is 2.26. The van der Waals surface area contributed by atoms with Crippen LogP contribution < -0.4 is 0 Å². The van der Waals surface area contributed by atoms with Gasteiger partial charge in [-0.1, -0.05) is 0 Å². The molecule has 2 atom stereocenters. The summed E-state index contributed by atoms with van der Waals surface area (Å²) in [4.78, 5) is 2.36. The monoisotopic (exact) mass is 185 g/mol. The molecule has 0 aliphatic carbocycles. The van der Waals surface area contributed by atoms with Crippen LogP contribution in [0.25, 0.3) is 0 Å². The van der Waals surface area contributed by atoms with Crippen LogP contribution in [0.3, 0.4) is 0 Å². The number of thioether (sulfide) groups is 1. The Balaban J connectivity index is 1.81. The van der Waals surface area contributed by atoms with Gasteiger partial charge in [-0.2, -0.15) is 0 Å². The zero-order valence-corrected chi connectivity index (χ0v) is 8.22. The van der Waals surface area contributed by atoms with E-state index in [0.29, 0.717) is 11.5 Å². The lowest BCUT2D eigenvalue weighted by molar-refractivity contribution is 0.0860. The third-order valence-electron chi connectivity index (χ3n) is 2.43. The summed E-state index contributed by atoms with van der Waals surface area (Å²) >= 11 is 1.88. The van der Waals surface area contributed by atoms with Crippen LogP contribution in [-0.2, 0) is 4.74 Å². The molecule has 0 aromatic rings. The molecule has 0 aromatic carbocycles. The van der Waals surface area contributed by atoms with Crippen LogP contribution in [0.4, 0.5) is 0 Å². The molecule has 0 aromatic heterocycles. The van der Waals surface area contributed by atoms with E-state index >= 15 is 0 Å². The number of hydrogen-bond acceptors (Lipinski definition) is 3. The van der Waals surface area contributed by atoms with Crippen molar-refractivity contribution in [2.24, 2.45) is 0 Å². The summed E-state index contributed by atoms with van der Waals surface area (Å²) in [6.07, 6.45) is 5.14. The van der Waals surface area contributed by atoms with Crippen LogP contribution in [0.1, 0.15) is 19.8 Å². The molecule has 0 amide bonds. The van der Waals surface area contributed by atoms with Gasteiger partial charge in [0.1, 0.15) is 0 Å². The SMILES string of the molecule is CC1SC=CN1CC1CCCO1. The zero-order valence-electron chi connectivity index (χ0n) is 7.40. The molecule has 3 heteroatoms. The van der Waals surface area contributed by atoms with Crippen molar-refractivity contribution in [3.8, 4) is 0 Å². The molecule has 1 fully saturated rings. The molecular formula is C9H15NOS. The van der Waals surface area contributed by atoms with Gasteiger partial charge in [-0.3, -0.25) is 0 Å². The quantitative estimate of drug-likeness (QED) is 0.653. The van der Waals surface area contributed by atoms with Crippen molar-refractivity contribution >= 4 is 11.8 Å². The highest BCUT2D eigenvalue weighted by molar-refractivity contribution is 8.02. The van der Waals surface area contributed by atoms with E-state index in [4.69, 9.17) is 4.74 Å². The fraction of sp³-hybridized carbons (Fsp3) is 0.778. The smallest absolute Gasteiger partial charge is 0.0759 e. The number of hydrogen-bond donors (Lipinski definition) is 0. The minimum Gasteiger partial charge on any atom is -0.376 e. The van der Waals surface area contributed by atoms with Crippen LogP contribution in [-0.4, -0.2) is 29.5 Å². The molecule has 2 unspecified atom stereocenters. The highest BCUT2D eigenvalue weighted by Gasteiger charge is 2.22. The molecule has 2 heterocycles. The summed E-state index contributed by atoms with van der Waals surface area (Å²) in [5.41, 5.74) is 0. The Morgan fingerprint density at radius 1 is 1.67 bits per heavy atom. The molecule has 0 radical (unpaired) electrons. The van der Waals surface area contributed by atoms with Crippen molar-refractivity contribution in [2.45, 2.75) is 31.2 Å². The maximum absolute atomic E-state index is 5.58. The van der Waals surface area contributed by atoms with Gasteiger partial charge in [0.05, 0.1) is 11.5 Å². The van der Waals surface area contributed by atoms with E-state index in [1.54, 1.807) is 0 Å². The summed E-state index contributed by atoms with van der Waals surface area (Å²) in [6, 6.07) is 0. The standard InChI is InChI=1S/C9H15NOS/c1-8-10(4-6-12-8)7-9-3-2-5-11-9/h4,6,8-9H,2-3,5,7H2,1H3. The Morgan fingerprint density at radius 2 is 2.58 bits per heavy atom. The fourth-order valence-electron chi connectivity index (χ4n) is 1.66. The molecule has 0 saturated carbocycles. The first-order valence-electron chi connectivity index (χ1n) is 4.56. The van der Waals surface area contributed by atoms with Gasteiger partial charge in [0.25, 0.3) is 0 Å². The first-order chi connectivity index (χ1) is 5.86. The summed E-state index contributed by atoms with van der Waals surface area (Å²) in [5.74, 6) is 0. The lowest BCUT2D eigenvalue weighted by Gasteiger charge is -2.24. The minimum absolute atomic E-state index is 0.482. The molecule has 0 spiro atoms. The van der Waals surface area contributed by atoms with Gasteiger partial charge in [-0.05, 0) is 25.2 Å².